The average molecular weight is 255 g/mol. The number of aliphatic hydroxyl groups is 1. The quantitative estimate of drug-likeness (QED) is 0.849. The van der Waals surface area contributed by atoms with Gasteiger partial charge in [0, 0.05) is 19.6 Å². The molecule has 1 aliphatic heterocycles. The number of aliphatic hydroxyl groups excluding tert-OH is 1. The van der Waals surface area contributed by atoms with Gasteiger partial charge in [0.2, 0.25) is 0 Å². The summed E-state index contributed by atoms with van der Waals surface area (Å²) in [5.41, 5.74) is 7.77. The van der Waals surface area contributed by atoms with Crippen molar-refractivity contribution in [3.05, 3.63) is 28.8 Å². The average Bonchev–Trinajstić information content (AvgIpc) is 2.32. The maximum absolute atomic E-state index is 9.95. The Morgan fingerprint density at radius 1 is 1.53 bits per heavy atom. The highest BCUT2D eigenvalue weighted by Gasteiger charge is 2.26. The van der Waals surface area contributed by atoms with E-state index in [0.29, 0.717) is 19.0 Å². The van der Waals surface area contributed by atoms with Crippen LogP contribution < -0.4 is 10.6 Å². The molecular formula is C13H19ClN2O. The predicted molar refractivity (Wildman–Crippen MR) is 71.3 cm³/mol. The van der Waals surface area contributed by atoms with Crippen molar-refractivity contribution in [1.82, 2.24) is 0 Å². The summed E-state index contributed by atoms with van der Waals surface area (Å²) < 4.78 is 0. The van der Waals surface area contributed by atoms with E-state index in [9.17, 15) is 5.11 Å². The standard InChI is InChI=1S/C13H19ClN2O/c1-9-5-6-16(8-12(9)17)13-10(7-15)3-2-4-11(13)14/h2-4,9,12,17H,5-8,15H2,1H3. The molecule has 1 aliphatic rings. The fourth-order valence-corrected chi connectivity index (χ4v) is 2.64. The van der Waals surface area contributed by atoms with E-state index in [2.05, 4.69) is 11.8 Å². The van der Waals surface area contributed by atoms with Crippen LogP contribution in [-0.2, 0) is 6.54 Å². The Bertz CT molecular complexity index is 397. The molecule has 1 fully saturated rings. The number of para-hydroxylation sites is 1. The van der Waals surface area contributed by atoms with Gasteiger partial charge in [-0.1, -0.05) is 30.7 Å². The van der Waals surface area contributed by atoms with Crippen molar-refractivity contribution in [2.75, 3.05) is 18.0 Å². The second kappa shape index (κ2) is 5.25. The number of β-amino-alcohol motifs (C(OH)–C–C–N with tert-alkyl or cyclic N) is 1. The second-order valence-electron chi connectivity index (χ2n) is 4.73. The minimum atomic E-state index is -0.286. The Morgan fingerprint density at radius 2 is 2.29 bits per heavy atom. The molecule has 1 aromatic rings. The van der Waals surface area contributed by atoms with Crippen LogP contribution in [0.5, 0.6) is 0 Å². The molecule has 1 saturated heterocycles. The SMILES string of the molecule is CC1CCN(c2c(Cl)cccc2CN)CC1O. The molecule has 0 radical (unpaired) electrons. The zero-order valence-corrected chi connectivity index (χ0v) is 10.8. The molecule has 4 heteroatoms. The number of benzene rings is 1. The van der Waals surface area contributed by atoms with Gasteiger partial charge in [-0.2, -0.15) is 0 Å². The smallest absolute Gasteiger partial charge is 0.0741 e. The minimum Gasteiger partial charge on any atom is -0.391 e. The predicted octanol–water partition coefficient (Wildman–Crippen LogP) is 2.01. The molecule has 0 aromatic heterocycles. The number of hydrogen-bond acceptors (Lipinski definition) is 3. The van der Waals surface area contributed by atoms with Gasteiger partial charge < -0.3 is 15.7 Å². The summed E-state index contributed by atoms with van der Waals surface area (Å²) >= 11 is 6.25. The van der Waals surface area contributed by atoms with Gasteiger partial charge in [0.25, 0.3) is 0 Å². The number of anilines is 1. The first-order chi connectivity index (χ1) is 8.13. The molecule has 3 nitrogen and oxygen atoms in total. The van der Waals surface area contributed by atoms with Crippen LogP contribution in [-0.4, -0.2) is 24.3 Å². The summed E-state index contributed by atoms with van der Waals surface area (Å²) in [7, 11) is 0. The molecule has 0 bridgehead atoms. The Balaban J connectivity index is 2.28. The lowest BCUT2D eigenvalue weighted by molar-refractivity contribution is 0.103. The summed E-state index contributed by atoms with van der Waals surface area (Å²) in [6, 6.07) is 5.78. The van der Waals surface area contributed by atoms with Crippen LogP contribution >= 0.6 is 11.6 Å². The number of piperidine rings is 1. The van der Waals surface area contributed by atoms with Crippen molar-refractivity contribution < 1.29 is 5.11 Å². The summed E-state index contributed by atoms with van der Waals surface area (Å²) in [6.07, 6.45) is 0.696. The zero-order chi connectivity index (χ0) is 12.4. The minimum absolute atomic E-state index is 0.286. The van der Waals surface area contributed by atoms with E-state index in [0.717, 1.165) is 29.2 Å². The van der Waals surface area contributed by atoms with Crippen LogP contribution in [0, 0.1) is 5.92 Å². The van der Waals surface area contributed by atoms with Gasteiger partial charge in [-0.15, -0.1) is 0 Å². The highest BCUT2D eigenvalue weighted by Crippen LogP contribution is 2.32. The number of halogens is 1. The molecule has 3 N–H and O–H groups in total. The Kier molecular flexibility index (Phi) is 3.92. The van der Waals surface area contributed by atoms with Crippen molar-refractivity contribution in [1.29, 1.82) is 0 Å². The third-order valence-corrected chi connectivity index (χ3v) is 3.83. The molecule has 0 amide bonds. The van der Waals surface area contributed by atoms with E-state index in [1.165, 1.54) is 0 Å². The van der Waals surface area contributed by atoms with Gasteiger partial charge in [-0.25, -0.2) is 0 Å². The van der Waals surface area contributed by atoms with Crippen molar-refractivity contribution in [3.8, 4) is 0 Å². The summed E-state index contributed by atoms with van der Waals surface area (Å²) in [5, 5.41) is 10.7. The summed E-state index contributed by atoms with van der Waals surface area (Å²) in [6.45, 7) is 4.11. The van der Waals surface area contributed by atoms with Crippen LogP contribution in [0.15, 0.2) is 18.2 Å². The number of nitrogens with zero attached hydrogens (tertiary/aromatic N) is 1. The Morgan fingerprint density at radius 3 is 2.94 bits per heavy atom. The van der Waals surface area contributed by atoms with Gasteiger partial charge in [0.15, 0.2) is 0 Å². The molecule has 0 spiro atoms. The lowest BCUT2D eigenvalue weighted by atomic mass is 9.95. The van der Waals surface area contributed by atoms with Crippen LogP contribution in [0.4, 0.5) is 5.69 Å². The third-order valence-electron chi connectivity index (χ3n) is 3.53. The number of hydrogen-bond donors (Lipinski definition) is 2. The maximum Gasteiger partial charge on any atom is 0.0741 e. The van der Waals surface area contributed by atoms with Crippen LogP contribution in [0.1, 0.15) is 18.9 Å². The zero-order valence-electron chi connectivity index (χ0n) is 10.1. The molecule has 17 heavy (non-hydrogen) atoms. The molecule has 2 atom stereocenters. The van der Waals surface area contributed by atoms with Crippen molar-refractivity contribution in [2.45, 2.75) is 26.0 Å². The number of nitrogens with two attached hydrogens (primary N) is 1. The fourth-order valence-electron chi connectivity index (χ4n) is 2.33. The molecule has 2 rings (SSSR count). The van der Waals surface area contributed by atoms with Crippen molar-refractivity contribution in [2.24, 2.45) is 11.7 Å². The first-order valence-electron chi connectivity index (χ1n) is 6.04. The topological polar surface area (TPSA) is 49.5 Å². The Labute approximate surface area is 107 Å². The van der Waals surface area contributed by atoms with E-state index >= 15 is 0 Å². The largest absolute Gasteiger partial charge is 0.391 e. The van der Waals surface area contributed by atoms with E-state index in [1.54, 1.807) is 0 Å². The van der Waals surface area contributed by atoms with E-state index < -0.39 is 0 Å². The van der Waals surface area contributed by atoms with Crippen molar-refractivity contribution in [3.63, 3.8) is 0 Å². The highest BCUT2D eigenvalue weighted by molar-refractivity contribution is 6.33. The van der Waals surface area contributed by atoms with Crippen LogP contribution in [0.25, 0.3) is 0 Å². The second-order valence-corrected chi connectivity index (χ2v) is 5.14. The van der Waals surface area contributed by atoms with Gasteiger partial charge in [-0.05, 0) is 24.0 Å². The molecule has 1 heterocycles. The van der Waals surface area contributed by atoms with Crippen LogP contribution in [0.3, 0.4) is 0 Å². The molecular weight excluding hydrogens is 236 g/mol. The fraction of sp³-hybridized carbons (Fsp3) is 0.538. The van der Waals surface area contributed by atoms with Crippen LogP contribution in [0.2, 0.25) is 5.02 Å². The van der Waals surface area contributed by atoms with Gasteiger partial charge in [0.1, 0.15) is 0 Å². The van der Waals surface area contributed by atoms with E-state index in [4.69, 9.17) is 17.3 Å². The first kappa shape index (κ1) is 12.7. The van der Waals surface area contributed by atoms with E-state index in [1.807, 2.05) is 18.2 Å². The summed E-state index contributed by atoms with van der Waals surface area (Å²) in [5.74, 6) is 0.357. The number of rotatable bonds is 2. The maximum atomic E-state index is 9.95. The normalized spacial score (nSPS) is 25.1. The molecule has 94 valence electrons. The molecule has 0 saturated carbocycles. The summed E-state index contributed by atoms with van der Waals surface area (Å²) in [4.78, 5) is 2.15. The molecule has 0 aliphatic carbocycles. The van der Waals surface area contributed by atoms with Gasteiger partial charge in [0.05, 0.1) is 16.8 Å². The van der Waals surface area contributed by atoms with E-state index in [-0.39, 0.29) is 6.10 Å². The highest BCUT2D eigenvalue weighted by atomic mass is 35.5. The molecule has 2 unspecified atom stereocenters. The lowest BCUT2D eigenvalue weighted by Crippen LogP contribution is -2.43. The molecule has 1 aromatic carbocycles. The van der Waals surface area contributed by atoms with Crippen molar-refractivity contribution >= 4 is 17.3 Å². The third kappa shape index (κ3) is 2.57. The monoisotopic (exact) mass is 254 g/mol. The lowest BCUT2D eigenvalue weighted by Gasteiger charge is -2.37. The first-order valence-corrected chi connectivity index (χ1v) is 6.41. The van der Waals surface area contributed by atoms with Gasteiger partial charge >= 0.3 is 0 Å². The Hall–Kier alpha value is -0.770. The van der Waals surface area contributed by atoms with Gasteiger partial charge in [-0.3, -0.25) is 0 Å².